The second-order valence-electron chi connectivity index (χ2n) is 5.79. The van der Waals surface area contributed by atoms with E-state index in [1.807, 2.05) is 24.5 Å². The molecule has 5 heteroatoms. The Balaban J connectivity index is 1.59. The van der Waals surface area contributed by atoms with E-state index in [1.165, 1.54) is 16.8 Å². The Hall–Kier alpha value is -2.11. The zero-order chi connectivity index (χ0) is 15.5. The Kier molecular flexibility index (Phi) is 4.13. The van der Waals surface area contributed by atoms with Gasteiger partial charge in [-0.3, -0.25) is 9.88 Å². The highest BCUT2D eigenvalue weighted by Crippen LogP contribution is 2.25. The van der Waals surface area contributed by atoms with E-state index in [4.69, 9.17) is 0 Å². The molecule has 3 aromatic rings. The number of hydrogen-bond donors (Lipinski definition) is 0. The normalized spacial score (nSPS) is 15.1. The summed E-state index contributed by atoms with van der Waals surface area (Å²) in [6, 6.07) is 6.26. The standard InChI is InChI=1S/C18H18N4S/c1-6-19-7-2-15(1)18-16-3-8-22(11-14-5-10-23-12-14)9-4-17(16)20-13-21-18/h1-2,5-7,10,12-13H,3-4,8-9,11H2. The Morgan fingerprint density at radius 1 is 1.04 bits per heavy atom. The Morgan fingerprint density at radius 3 is 2.74 bits per heavy atom. The molecule has 0 radical (unpaired) electrons. The minimum absolute atomic E-state index is 0.986. The van der Waals surface area contributed by atoms with Crippen molar-refractivity contribution < 1.29 is 0 Å². The minimum Gasteiger partial charge on any atom is -0.298 e. The summed E-state index contributed by atoms with van der Waals surface area (Å²) in [6.07, 6.45) is 7.33. The maximum Gasteiger partial charge on any atom is 0.116 e. The summed E-state index contributed by atoms with van der Waals surface area (Å²) in [5.41, 5.74) is 6.09. The number of fused-ring (bicyclic) bond motifs is 1. The molecule has 0 aromatic carbocycles. The molecule has 1 aliphatic rings. The average molecular weight is 322 g/mol. The van der Waals surface area contributed by atoms with Crippen LogP contribution in [0, 0.1) is 0 Å². The monoisotopic (exact) mass is 322 g/mol. The molecular weight excluding hydrogens is 304 g/mol. The van der Waals surface area contributed by atoms with Crippen LogP contribution >= 0.6 is 11.3 Å². The molecule has 23 heavy (non-hydrogen) atoms. The van der Waals surface area contributed by atoms with Crippen molar-refractivity contribution in [3.63, 3.8) is 0 Å². The van der Waals surface area contributed by atoms with E-state index >= 15 is 0 Å². The van der Waals surface area contributed by atoms with E-state index in [1.54, 1.807) is 17.7 Å². The van der Waals surface area contributed by atoms with Crippen LogP contribution in [0.5, 0.6) is 0 Å². The van der Waals surface area contributed by atoms with E-state index in [9.17, 15) is 0 Å². The predicted molar refractivity (Wildman–Crippen MR) is 92.3 cm³/mol. The number of nitrogens with zero attached hydrogens (tertiary/aromatic N) is 4. The fourth-order valence-electron chi connectivity index (χ4n) is 3.13. The van der Waals surface area contributed by atoms with Crippen molar-refractivity contribution >= 4 is 11.3 Å². The highest BCUT2D eigenvalue weighted by Gasteiger charge is 2.19. The number of thiophene rings is 1. The van der Waals surface area contributed by atoms with Gasteiger partial charge in [0.25, 0.3) is 0 Å². The molecule has 1 aliphatic heterocycles. The van der Waals surface area contributed by atoms with Gasteiger partial charge in [-0.05, 0) is 40.9 Å². The Bertz CT molecular complexity index is 771. The van der Waals surface area contributed by atoms with Gasteiger partial charge in [-0.15, -0.1) is 0 Å². The van der Waals surface area contributed by atoms with Crippen molar-refractivity contribution in [2.75, 3.05) is 13.1 Å². The topological polar surface area (TPSA) is 41.9 Å². The molecule has 0 N–H and O–H groups in total. The van der Waals surface area contributed by atoms with Crippen molar-refractivity contribution in [2.45, 2.75) is 19.4 Å². The molecule has 4 heterocycles. The van der Waals surface area contributed by atoms with Gasteiger partial charge >= 0.3 is 0 Å². The first-order valence-corrected chi connectivity index (χ1v) is 8.81. The van der Waals surface area contributed by atoms with E-state index in [0.29, 0.717) is 0 Å². The van der Waals surface area contributed by atoms with Gasteiger partial charge in [0.15, 0.2) is 0 Å². The van der Waals surface area contributed by atoms with Gasteiger partial charge < -0.3 is 0 Å². The number of aromatic nitrogens is 3. The predicted octanol–water partition coefficient (Wildman–Crippen LogP) is 3.20. The van der Waals surface area contributed by atoms with Gasteiger partial charge in [0.1, 0.15) is 6.33 Å². The second-order valence-corrected chi connectivity index (χ2v) is 6.57. The molecule has 3 aromatic heterocycles. The molecule has 0 spiro atoms. The lowest BCUT2D eigenvalue weighted by atomic mass is 10.0. The zero-order valence-corrected chi connectivity index (χ0v) is 13.7. The number of pyridine rings is 1. The molecule has 116 valence electrons. The first-order chi connectivity index (χ1) is 11.4. The maximum absolute atomic E-state index is 4.55. The summed E-state index contributed by atoms with van der Waals surface area (Å²) in [6.45, 7) is 3.12. The lowest BCUT2D eigenvalue weighted by Crippen LogP contribution is -2.25. The molecule has 0 atom stereocenters. The highest BCUT2D eigenvalue weighted by molar-refractivity contribution is 7.07. The lowest BCUT2D eigenvalue weighted by molar-refractivity contribution is 0.279. The van der Waals surface area contributed by atoms with Crippen LogP contribution in [0.25, 0.3) is 11.3 Å². The van der Waals surface area contributed by atoms with Gasteiger partial charge in [-0.25, -0.2) is 9.97 Å². The summed E-state index contributed by atoms with van der Waals surface area (Å²) >= 11 is 1.77. The Labute approximate surface area is 139 Å². The average Bonchev–Trinajstić information content (AvgIpc) is 3.02. The largest absolute Gasteiger partial charge is 0.298 e. The third kappa shape index (κ3) is 3.16. The molecule has 0 bridgehead atoms. The first-order valence-electron chi connectivity index (χ1n) is 7.87. The quantitative estimate of drug-likeness (QED) is 0.742. The van der Waals surface area contributed by atoms with Crippen molar-refractivity contribution in [2.24, 2.45) is 0 Å². The molecule has 4 rings (SSSR count). The van der Waals surface area contributed by atoms with Crippen LogP contribution in [0.3, 0.4) is 0 Å². The molecule has 0 unspecified atom stereocenters. The summed E-state index contributed by atoms with van der Waals surface area (Å²) in [7, 11) is 0. The third-order valence-electron chi connectivity index (χ3n) is 4.32. The van der Waals surface area contributed by atoms with Crippen LogP contribution in [0.4, 0.5) is 0 Å². The van der Waals surface area contributed by atoms with Crippen LogP contribution in [0.2, 0.25) is 0 Å². The van der Waals surface area contributed by atoms with Gasteiger partial charge in [0.05, 0.1) is 5.69 Å². The first kappa shape index (κ1) is 14.5. The van der Waals surface area contributed by atoms with Crippen LogP contribution < -0.4 is 0 Å². The molecule has 0 saturated heterocycles. The lowest BCUT2D eigenvalue weighted by Gasteiger charge is -2.18. The van der Waals surface area contributed by atoms with Crippen LogP contribution in [-0.4, -0.2) is 32.9 Å². The molecule has 0 amide bonds. The van der Waals surface area contributed by atoms with Crippen LogP contribution in [-0.2, 0) is 19.4 Å². The molecule has 4 nitrogen and oxygen atoms in total. The summed E-state index contributed by atoms with van der Waals surface area (Å²) in [5, 5.41) is 4.38. The minimum atomic E-state index is 0.986. The van der Waals surface area contributed by atoms with E-state index < -0.39 is 0 Å². The zero-order valence-electron chi connectivity index (χ0n) is 12.9. The van der Waals surface area contributed by atoms with Gasteiger partial charge in [-0.1, -0.05) is 0 Å². The van der Waals surface area contributed by atoms with Crippen molar-refractivity contribution in [1.29, 1.82) is 0 Å². The van der Waals surface area contributed by atoms with Crippen LogP contribution in [0.1, 0.15) is 16.8 Å². The highest BCUT2D eigenvalue weighted by atomic mass is 32.1. The van der Waals surface area contributed by atoms with Crippen molar-refractivity contribution in [3.8, 4) is 11.3 Å². The summed E-state index contributed by atoms with van der Waals surface area (Å²) in [4.78, 5) is 15.7. The number of rotatable bonds is 3. The van der Waals surface area contributed by atoms with Crippen LogP contribution in [0.15, 0.2) is 47.7 Å². The van der Waals surface area contributed by atoms with Crippen molar-refractivity contribution in [3.05, 3.63) is 64.5 Å². The fourth-order valence-corrected chi connectivity index (χ4v) is 3.79. The fraction of sp³-hybridized carbons (Fsp3) is 0.278. The molecular formula is C18H18N4S. The molecule has 0 aliphatic carbocycles. The van der Waals surface area contributed by atoms with Gasteiger partial charge in [0.2, 0.25) is 0 Å². The van der Waals surface area contributed by atoms with Gasteiger partial charge in [0, 0.05) is 55.3 Å². The Morgan fingerprint density at radius 2 is 1.91 bits per heavy atom. The second kappa shape index (κ2) is 6.56. The molecule has 0 fully saturated rings. The number of hydrogen-bond acceptors (Lipinski definition) is 5. The van der Waals surface area contributed by atoms with E-state index in [0.717, 1.165) is 43.7 Å². The van der Waals surface area contributed by atoms with E-state index in [2.05, 4.69) is 36.7 Å². The van der Waals surface area contributed by atoms with Gasteiger partial charge in [-0.2, -0.15) is 11.3 Å². The summed E-state index contributed by atoms with van der Waals surface area (Å²) < 4.78 is 0. The SMILES string of the molecule is c1cc(-c2ncnc3c2CCN(Cc2ccsc2)CC3)ccn1. The molecule has 0 saturated carbocycles. The third-order valence-corrected chi connectivity index (χ3v) is 5.05. The van der Waals surface area contributed by atoms with E-state index in [-0.39, 0.29) is 0 Å². The smallest absolute Gasteiger partial charge is 0.116 e. The maximum atomic E-state index is 4.55. The van der Waals surface area contributed by atoms with Crippen molar-refractivity contribution in [1.82, 2.24) is 19.9 Å². The summed E-state index contributed by atoms with van der Waals surface area (Å²) in [5.74, 6) is 0.